The summed E-state index contributed by atoms with van der Waals surface area (Å²) in [7, 11) is -3.83. The number of benzene rings is 2. The molecule has 2 aliphatic rings. The Kier molecular flexibility index (Phi) is 8.26. The molecule has 2 aromatic rings. The van der Waals surface area contributed by atoms with Crippen molar-refractivity contribution >= 4 is 21.6 Å². The van der Waals surface area contributed by atoms with Crippen molar-refractivity contribution in [3.8, 4) is 11.5 Å². The summed E-state index contributed by atoms with van der Waals surface area (Å²) >= 11 is 0. The Labute approximate surface area is 212 Å². The van der Waals surface area contributed by atoms with E-state index in [1.54, 1.807) is 18.2 Å². The minimum atomic E-state index is -4.85. The molecule has 9 nitrogen and oxygen atoms in total. The number of aliphatic hydroxyl groups excluding tert-OH is 1. The van der Waals surface area contributed by atoms with E-state index in [-0.39, 0.29) is 49.4 Å². The third-order valence-electron chi connectivity index (χ3n) is 6.26. The third kappa shape index (κ3) is 7.12. The first kappa shape index (κ1) is 27.2. The highest BCUT2D eigenvalue weighted by Gasteiger charge is 2.32. The van der Waals surface area contributed by atoms with Crippen LogP contribution in [0.25, 0.3) is 0 Å². The zero-order valence-electron chi connectivity index (χ0n) is 19.8. The maximum absolute atomic E-state index is 12.8. The molecule has 0 saturated carbocycles. The number of rotatable bonds is 10. The number of piperidine rings is 1. The third-order valence-corrected chi connectivity index (χ3v) is 8.17. The highest BCUT2D eigenvalue weighted by atomic mass is 32.2. The molecule has 1 saturated heterocycles. The molecule has 1 atom stereocenters. The largest absolute Gasteiger partial charge is 0.573 e. The second-order valence-electron chi connectivity index (χ2n) is 9.00. The van der Waals surface area contributed by atoms with Crippen LogP contribution in [-0.2, 0) is 21.2 Å². The summed E-state index contributed by atoms with van der Waals surface area (Å²) in [5, 5.41) is 16.2. The van der Waals surface area contributed by atoms with Gasteiger partial charge in [0.25, 0.3) is 0 Å². The van der Waals surface area contributed by atoms with Crippen LogP contribution in [0.15, 0.2) is 47.4 Å². The fourth-order valence-corrected chi connectivity index (χ4v) is 5.84. The molecule has 37 heavy (non-hydrogen) atoms. The van der Waals surface area contributed by atoms with Crippen LogP contribution in [0.1, 0.15) is 18.4 Å². The number of hydrogen-bond acceptors (Lipinski definition) is 7. The predicted octanol–water partition coefficient (Wildman–Crippen LogP) is 2.51. The summed E-state index contributed by atoms with van der Waals surface area (Å²) in [6, 6.07) is 9.49. The number of alkyl halides is 3. The highest BCUT2D eigenvalue weighted by Crippen LogP contribution is 2.31. The standard InChI is InChI=1S/C24H28F3N3O6S/c25-24(26,27)36-18-4-6-19(7-5-18)37(33,34)30-10-8-16(9-11-30)13-28-14-17(31)15-35-22-3-1-2-21-20(22)12-23(32)29-21/h1-7,16-17,28,31H,8-15H2,(H,29,32). The first-order valence-electron chi connectivity index (χ1n) is 11.8. The van der Waals surface area contributed by atoms with E-state index in [1.807, 2.05) is 0 Å². The van der Waals surface area contributed by atoms with Crippen LogP contribution in [0.4, 0.5) is 18.9 Å². The van der Waals surface area contributed by atoms with Crippen molar-refractivity contribution in [3.05, 3.63) is 48.0 Å². The van der Waals surface area contributed by atoms with E-state index in [4.69, 9.17) is 4.74 Å². The Bertz CT molecular complexity index is 1200. The number of halogens is 3. The molecule has 3 N–H and O–H groups in total. The number of sulfonamides is 1. The number of fused-ring (bicyclic) bond motifs is 1. The summed E-state index contributed by atoms with van der Waals surface area (Å²) in [5.74, 6) is 0.187. The van der Waals surface area contributed by atoms with Gasteiger partial charge in [-0.2, -0.15) is 4.31 Å². The Morgan fingerprint density at radius 1 is 1.14 bits per heavy atom. The summed E-state index contributed by atoms with van der Waals surface area (Å²) in [6.45, 7) is 1.51. The van der Waals surface area contributed by atoms with Crippen molar-refractivity contribution in [1.29, 1.82) is 0 Å². The molecule has 202 valence electrons. The average molecular weight is 544 g/mol. The molecule has 2 heterocycles. The molecule has 2 aromatic carbocycles. The van der Waals surface area contributed by atoms with Crippen LogP contribution in [-0.4, -0.2) is 69.0 Å². The predicted molar refractivity (Wildman–Crippen MR) is 128 cm³/mol. The topological polar surface area (TPSA) is 117 Å². The first-order valence-corrected chi connectivity index (χ1v) is 13.2. The number of ether oxygens (including phenoxy) is 2. The molecule has 4 rings (SSSR count). The van der Waals surface area contributed by atoms with E-state index in [9.17, 15) is 31.5 Å². The van der Waals surface area contributed by atoms with Gasteiger partial charge in [-0.05, 0) is 61.7 Å². The van der Waals surface area contributed by atoms with Crippen LogP contribution in [0, 0.1) is 5.92 Å². The van der Waals surface area contributed by atoms with Gasteiger partial charge in [-0.1, -0.05) is 6.07 Å². The molecule has 1 unspecified atom stereocenters. The first-order chi connectivity index (χ1) is 17.5. The smallest absolute Gasteiger partial charge is 0.490 e. The van der Waals surface area contributed by atoms with Gasteiger partial charge in [0.15, 0.2) is 0 Å². The second kappa shape index (κ2) is 11.3. The van der Waals surface area contributed by atoms with Crippen LogP contribution in [0.3, 0.4) is 0 Å². The van der Waals surface area contributed by atoms with Gasteiger partial charge in [0.1, 0.15) is 24.2 Å². The van der Waals surface area contributed by atoms with E-state index in [0.717, 1.165) is 35.5 Å². The Morgan fingerprint density at radius 2 is 1.84 bits per heavy atom. The maximum atomic E-state index is 12.8. The quantitative estimate of drug-likeness (QED) is 0.422. The van der Waals surface area contributed by atoms with E-state index in [0.29, 0.717) is 25.1 Å². The molecule has 0 aromatic heterocycles. The van der Waals surface area contributed by atoms with Gasteiger partial charge in [-0.15, -0.1) is 13.2 Å². The molecule has 0 spiro atoms. The van der Waals surface area contributed by atoms with Crippen LogP contribution >= 0.6 is 0 Å². The van der Waals surface area contributed by atoms with Gasteiger partial charge in [0.2, 0.25) is 15.9 Å². The van der Waals surface area contributed by atoms with E-state index in [2.05, 4.69) is 15.4 Å². The van der Waals surface area contributed by atoms with Gasteiger partial charge in [-0.3, -0.25) is 4.79 Å². The van der Waals surface area contributed by atoms with Crippen molar-refractivity contribution in [2.24, 2.45) is 5.92 Å². The summed E-state index contributed by atoms with van der Waals surface area (Å²) in [5.41, 5.74) is 1.50. The summed E-state index contributed by atoms with van der Waals surface area (Å²) in [6.07, 6.45) is -4.17. The lowest BCUT2D eigenvalue weighted by Crippen LogP contribution is -2.42. The average Bonchev–Trinajstić information content (AvgIpc) is 3.23. The normalized spacial score (nSPS) is 17.8. The lowest BCUT2D eigenvalue weighted by molar-refractivity contribution is -0.274. The lowest BCUT2D eigenvalue weighted by Gasteiger charge is -2.31. The minimum Gasteiger partial charge on any atom is -0.490 e. The van der Waals surface area contributed by atoms with Crippen LogP contribution in [0.5, 0.6) is 11.5 Å². The fourth-order valence-electron chi connectivity index (χ4n) is 4.37. The number of amides is 1. The second-order valence-corrected chi connectivity index (χ2v) is 10.9. The molecule has 1 fully saturated rings. The van der Waals surface area contributed by atoms with Crippen molar-refractivity contribution in [1.82, 2.24) is 9.62 Å². The van der Waals surface area contributed by atoms with Gasteiger partial charge >= 0.3 is 6.36 Å². The highest BCUT2D eigenvalue weighted by molar-refractivity contribution is 7.89. The lowest BCUT2D eigenvalue weighted by atomic mass is 9.98. The van der Waals surface area contributed by atoms with Gasteiger partial charge in [-0.25, -0.2) is 8.42 Å². The molecular formula is C24H28F3N3O6S. The van der Waals surface area contributed by atoms with Gasteiger partial charge in [0, 0.05) is 30.9 Å². The molecule has 2 aliphatic heterocycles. The summed E-state index contributed by atoms with van der Waals surface area (Å²) < 4.78 is 73.5. The van der Waals surface area contributed by atoms with Crippen LogP contribution in [0.2, 0.25) is 0 Å². The number of aliphatic hydroxyl groups is 1. The fraction of sp³-hybridized carbons (Fsp3) is 0.458. The monoisotopic (exact) mass is 543 g/mol. The van der Waals surface area contributed by atoms with Gasteiger partial charge in [0.05, 0.1) is 11.3 Å². The Hall–Kier alpha value is -2.87. The maximum Gasteiger partial charge on any atom is 0.573 e. The minimum absolute atomic E-state index is 0.0567. The zero-order valence-corrected chi connectivity index (χ0v) is 20.6. The van der Waals surface area contributed by atoms with Gasteiger partial charge < -0.3 is 25.2 Å². The zero-order chi connectivity index (χ0) is 26.6. The van der Waals surface area contributed by atoms with Crippen molar-refractivity contribution in [3.63, 3.8) is 0 Å². The molecule has 0 aliphatic carbocycles. The molecule has 1 amide bonds. The van der Waals surface area contributed by atoms with E-state index < -0.39 is 28.2 Å². The molecular weight excluding hydrogens is 515 g/mol. The number of nitrogens with one attached hydrogen (secondary N) is 2. The molecule has 0 radical (unpaired) electrons. The number of carbonyl (C=O) groups excluding carboxylic acids is 1. The molecule has 0 bridgehead atoms. The van der Waals surface area contributed by atoms with Crippen LogP contribution < -0.4 is 20.1 Å². The molecule has 13 heteroatoms. The summed E-state index contributed by atoms with van der Waals surface area (Å²) in [4.78, 5) is 11.5. The van der Waals surface area contributed by atoms with Crippen molar-refractivity contribution in [2.75, 3.05) is 38.1 Å². The number of hydrogen-bond donors (Lipinski definition) is 3. The van der Waals surface area contributed by atoms with Crippen molar-refractivity contribution < 1.29 is 41.0 Å². The van der Waals surface area contributed by atoms with E-state index >= 15 is 0 Å². The Balaban J connectivity index is 1.18. The number of carbonyl (C=O) groups is 1. The number of anilines is 1. The Morgan fingerprint density at radius 3 is 2.51 bits per heavy atom. The van der Waals surface area contributed by atoms with Crippen molar-refractivity contribution in [2.45, 2.75) is 36.6 Å². The van der Waals surface area contributed by atoms with E-state index in [1.165, 1.54) is 4.31 Å². The number of nitrogens with zero attached hydrogens (tertiary/aromatic N) is 1. The SMILES string of the molecule is O=C1Cc2c(cccc2OCC(O)CNCC2CCN(S(=O)(=O)c3ccc(OC(F)(F)F)cc3)CC2)N1.